The number of anilines is 1. The second kappa shape index (κ2) is 4.27. The predicted octanol–water partition coefficient (Wildman–Crippen LogP) is 2.26. The molecule has 1 aliphatic rings. The Bertz CT molecular complexity index is 593. The SMILES string of the molecule is O=C1Cc2cc(C(O)c3ccccc3)ccc2N1. The van der Waals surface area contributed by atoms with E-state index in [0.717, 1.165) is 22.4 Å². The Morgan fingerprint density at radius 3 is 2.61 bits per heavy atom. The van der Waals surface area contributed by atoms with Gasteiger partial charge in [-0.15, -0.1) is 0 Å². The van der Waals surface area contributed by atoms with Crippen molar-refractivity contribution in [3.63, 3.8) is 0 Å². The van der Waals surface area contributed by atoms with Gasteiger partial charge in [-0.2, -0.15) is 0 Å². The van der Waals surface area contributed by atoms with Crippen LogP contribution in [0.5, 0.6) is 0 Å². The molecular weight excluding hydrogens is 226 g/mol. The highest BCUT2D eigenvalue weighted by Gasteiger charge is 2.19. The highest BCUT2D eigenvalue weighted by atomic mass is 16.3. The smallest absolute Gasteiger partial charge is 0.228 e. The van der Waals surface area contributed by atoms with E-state index >= 15 is 0 Å². The van der Waals surface area contributed by atoms with Crippen molar-refractivity contribution in [3.8, 4) is 0 Å². The summed E-state index contributed by atoms with van der Waals surface area (Å²) in [6.45, 7) is 0. The standard InChI is InChI=1S/C15H13NO2/c17-14-9-12-8-11(6-7-13(12)16-14)15(18)10-4-2-1-3-5-10/h1-8,15,18H,9H2,(H,16,17). The number of hydrogen-bond acceptors (Lipinski definition) is 2. The zero-order valence-corrected chi connectivity index (χ0v) is 9.76. The summed E-state index contributed by atoms with van der Waals surface area (Å²) in [7, 11) is 0. The minimum Gasteiger partial charge on any atom is -0.384 e. The summed E-state index contributed by atoms with van der Waals surface area (Å²) in [6, 6.07) is 15.1. The van der Waals surface area contributed by atoms with Crippen LogP contribution in [-0.4, -0.2) is 11.0 Å². The van der Waals surface area contributed by atoms with Gasteiger partial charge in [0.05, 0.1) is 6.42 Å². The van der Waals surface area contributed by atoms with Crippen molar-refractivity contribution < 1.29 is 9.90 Å². The fraction of sp³-hybridized carbons (Fsp3) is 0.133. The number of benzene rings is 2. The van der Waals surface area contributed by atoms with Crippen LogP contribution in [0.1, 0.15) is 22.8 Å². The van der Waals surface area contributed by atoms with Crippen LogP contribution >= 0.6 is 0 Å². The first-order chi connectivity index (χ1) is 8.74. The number of nitrogens with one attached hydrogen (secondary N) is 1. The van der Waals surface area contributed by atoms with Gasteiger partial charge in [0.2, 0.25) is 5.91 Å². The van der Waals surface area contributed by atoms with Gasteiger partial charge in [0.25, 0.3) is 0 Å². The van der Waals surface area contributed by atoms with E-state index in [1.807, 2.05) is 48.5 Å². The summed E-state index contributed by atoms with van der Waals surface area (Å²) in [5, 5.41) is 13.1. The molecule has 3 rings (SSSR count). The van der Waals surface area contributed by atoms with E-state index < -0.39 is 6.10 Å². The number of aliphatic hydroxyl groups is 1. The Balaban J connectivity index is 1.94. The van der Waals surface area contributed by atoms with Crippen LogP contribution in [0.25, 0.3) is 0 Å². The molecule has 0 fully saturated rings. The molecule has 1 atom stereocenters. The number of aliphatic hydroxyl groups excluding tert-OH is 1. The van der Waals surface area contributed by atoms with Crippen LogP contribution < -0.4 is 5.32 Å². The molecule has 18 heavy (non-hydrogen) atoms. The fourth-order valence-electron chi connectivity index (χ4n) is 2.25. The number of hydrogen-bond donors (Lipinski definition) is 2. The number of carbonyl (C=O) groups is 1. The van der Waals surface area contributed by atoms with Crippen molar-refractivity contribution in [2.24, 2.45) is 0 Å². The van der Waals surface area contributed by atoms with E-state index in [4.69, 9.17) is 0 Å². The Morgan fingerprint density at radius 2 is 1.83 bits per heavy atom. The minimum atomic E-state index is -0.646. The predicted molar refractivity (Wildman–Crippen MR) is 69.3 cm³/mol. The number of carbonyl (C=O) groups excluding carboxylic acids is 1. The average Bonchev–Trinajstić information content (AvgIpc) is 2.78. The first-order valence-corrected chi connectivity index (χ1v) is 5.90. The normalized spacial score (nSPS) is 15.1. The molecule has 1 aliphatic heterocycles. The first kappa shape index (κ1) is 11.0. The van der Waals surface area contributed by atoms with Crippen LogP contribution in [0.4, 0.5) is 5.69 Å². The summed E-state index contributed by atoms with van der Waals surface area (Å²) in [5.41, 5.74) is 3.47. The van der Waals surface area contributed by atoms with Crippen LogP contribution in [0.2, 0.25) is 0 Å². The lowest BCUT2D eigenvalue weighted by molar-refractivity contribution is -0.115. The summed E-state index contributed by atoms with van der Waals surface area (Å²) in [6.07, 6.45) is -0.253. The summed E-state index contributed by atoms with van der Waals surface area (Å²) < 4.78 is 0. The topological polar surface area (TPSA) is 49.3 Å². The molecule has 3 nitrogen and oxygen atoms in total. The highest BCUT2D eigenvalue weighted by Crippen LogP contribution is 2.29. The Labute approximate surface area is 105 Å². The summed E-state index contributed by atoms with van der Waals surface area (Å²) >= 11 is 0. The van der Waals surface area contributed by atoms with E-state index in [9.17, 15) is 9.90 Å². The quantitative estimate of drug-likeness (QED) is 0.844. The number of amides is 1. The van der Waals surface area contributed by atoms with Gasteiger partial charge >= 0.3 is 0 Å². The fourth-order valence-corrected chi connectivity index (χ4v) is 2.25. The molecule has 0 aliphatic carbocycles. The van der Waals surface area contributed by atoms with E-state index in [1.165, 1.54) is 0 Å². The maximum absolute atomic E-state index is 11.3. The molecule has 2 aromatic carbocycles. The molecule has 1 heterocycles. The van der Waals surface area contributed by atoms with E-state index in [2.05, 4.69) is 5.32 Å². The molecule has 2 N–H and O–H groups in total. The lowest BCUT2D eigenvalue weighted by Crippen LogP contribution is -2.03. The Kier molecular flexibility index (Phi) is 2.61. The van der Waals surface area contributed by atoms with Gasteiger partial charge in [-0.3, -0.25) is 4.79 Å². The van der Waals surface area contributed by atoms with Crippen molar-refractivity contribution in [2.75, 3.05) is 5.32 Å². The van der Waals surface area contributed by atoms with Crippen molar-refractivity contribution in [1.29, 1.82) is 0 Å². The number of fused-ring (bicyclic) bond motifs is 1. The molecule has 0 bridgehead atoms. The van der Waals surface area contributed by atoms with Crippen molar-refractivity contribution in [3.05, 3.63) is 65.2 Å². The zero-order chi connectivity index (χ0) is 12.5. The van der Waals surface area contributed by atoms with E-state index in [0.29, 0.717) is 6.42 Å². The van der Waals surface area contributed by atoms with Crippen molar-refractivity contribution in [2.45, 2.75) is 12.5 Å². The third-order valence-corrected chi connectivity index (χ3v) is 3.19. The maximum atomic E-state index is 11.3. The number of rotatable bonds is 2. The van der Waals surface area contributed by atoms with Gasteiger partial charge in [0.1, 0.15) is 6.10 Å². The molecule has 0 radical (unpaired) electrons. The van der Waals surface area contributed by atoms with E-state index in [-0.39, 0.29) is 5.91 Å². The zero-order valence-electron chi connectivity index (χ0n) is 9.76. The van der Waals surface area contributed by atoms with Gasteiger partial charge in [-0.1, -0.05) is 42.5 Å². The maximum Gasteiger partial charge on any atom is 0.228 e. The van der Waals surface area contributed by atoms with Gasteiger partial charge in [-0.25, -0.2) is 0 Å². The molecular formula is C15H13NO2. The van der Waals surface area contributed by atoms with Crippen LogP contribution in [0.3, 0.4) is 0 Å². The molecule has 1 amide bonds. The largest absolute Gasteiger partial charge is 0.384 e. The third-order valence-electron chi connectivity index (χ3n) is 3.19. The molecule has 90 valence electrons. The lowest BCUT2D eigenvalue weighted by atomic mass is 9.99. The average molecular weight is 239 g/mol. The molecule has 2 aromatic rings. The summed E-state index contributed by atoms with van der Waals surface area (Å²) in [4.78, 5) is 11.3. The molecule has 0 aromatic heterocycles. The van der Waals surface area contributed by atoms with Crippen molar-refractivity contribution >= 4 is 11.6 Å². The first-order valence-electron chi connectivity index (χ1n) is 5.90. The van der Waals surface area contributed by atoms with E-state index in [1.54, 1.807) is 0 Å². The lowest BCUT2D eigenvalue weighted by Gasteiger charge is -2.12. The summed E-state index contributed by atoms with van der Waals surface area (Å²) in [5.74, 6) is 0.0105. The van der Waals surface area contributed by atoms with Crippen LogP contribution in [-0.2, 0) is 11.2 Å². The molecule has 3 heteroatoms. The second-order valence-corrected chi connectivity index (χ2v) is 4.45. The van der Waals surface area contributed by atoms with Gasteiger partial charge < -0.3 is 10.4 Å². The Hall–Kier alpha value is -2.13. The van der Waals surface area contributed by atoms with Crippen molar-refractivity contribution in [1.82, 2.24) is 0 Å². The molecule has 1 unspecified atom stereocenters. The molecule has 0 saturated carbocycles. The van der Waals surface area contributed by atoms with Crippen LogP contribution in [0, 0.1) is 0 Å². The van der Waals surface area contributed by atoms with Gasteiger partial charge in [-0.05, 0) is 22.8 Å². The highest BCUT2D eigenvalue weighted by molar-refractivity contribution is 5.99. The third kappa shape index (κ3) is 1.89. The monoisotopic (exact) mass is 239 g/mol. The van der Waals surface area contributed by atoms with Gasteiger partial charge in [0, 0.05) is 5.69 Å². The second-order valence-electron chi connectivity index (χ2n) is 4.45. The van der Waals surface area contributed by atoms with Gasteiger partial charge in [0.15, 0.2) is 0 Å². The van der Waals surface area contributed by atoms with Crippen LogP contribution in [0.15, 0.2) is 48.5 Å². The molecule has 0 spiro atoms. The Morgan fingerprint density at radius 1 is 1.06 bits per heavy atom. The molecule has 0 saturated heterocycles. The minimum absolute atomic E-state index is 0.0105.